The van der Waals surface area contributed by atoms with Crippen LogP contribution >= 0.6 is 11.3 Å². The maximum Gasteiger partial charge on any atom is 0.230 e. The molecule has 0 atom stereocenters. The van der Waals surface area contributed by atoms with Crippen molar-refractivity contribution in [1.29, 1.82) is 0 Å². The number of hydrogen-bond acceptors (Lipinski definition) is 8. The summed E-state index contributed by atoms with van der Waals surface area (Å²) < 4.78 is 0. The van der Waals surface area contributed by atoms with E-state index < -0.39 is 0 Å². The molecule has 1 aromatic heterocycles. The number of rotatable bonds is 10. The molecule has 0 aliphatic carbocycles. The van der Waals surface area contributed by atoms with E-state index in [0.29, 0.717) is 18.2 Å². The molecular weight excluding hydrogens is 362 g/mol. The van der Waals surface area contributed by atoms with Crippen LogP contribution in [0, 0.1) is 0 Å². The predicted molar refractivity (Wildman–Crippen MR) is 111 cm³/mol. The highest BCUT2D eigenvalue weighted by Crippen LogP contribution is 2.24. The molecule has 1 aromatic carbocycles. The van der Waals surface area contributed by atoms with Crippen LogP contribution in [0.3, 0.4) is 0 Å². The van der Waals surface area contributed by atoms with Crippen molar-refractivity contribution in [3.8, 4) is 0 Å². The van der Waals surface area contributed by atoms with Crippen LogP contribution in [0.2, 0.25) is 0 Å². The van der Waals surface area contributed by atoms with E-state index in [1.807, 2.05) is 43.3 Å². The Bertz CT molecular complexity index is 665. The topological polar surface area (TPSA) is 104 Å². The molecule has 0 amide bonds. The highest BCUT2D eigenvalue weighted by Gasteiger charge is 2.00. The van der Waals surface area contributed by atoms with Crippen molar-refractivity contribution >= 4 is 34.1 Å². The summed E-state index contributed by atoms with van der Waals surface area (Å²) in [5.74, 6) is 0. The van der Waals surface area contributed by atoms with Gasteiger partial charge in [0.2, 0.25) is 5.13 Å². The zero-order valence-corrected chi connectivity index (χ0v) is 16.9. The van der Waals surface area contributed by atoms with Gasteiger partial charge in [-0.05, 0) is 43.7 Å². The summed E-state index contributed by atoms with van der Waals surface area (Å²) >= 11 is 1.37. The van der Waals surface area contributed by atoms with E-state index in [0.717, 1.165) is 54.8 Å². The zero-order chi connectivity index (χ0) is 19.9. The van der Waals surface area contributed by atoms with E-state index in [9.17, 15) is 4.79 Å². The number of anilines is 1. The highest BCUT2D eigenvalue weighted by atomic mass is 32.1. The molecule has 7 nitrogen and oxygen atoms in total. The monoisotopic (exact) mass is 391 g/mol. The number of carbonyl (C=O) groups is 1. The summed E-state index contributed by atoms with van der Waals surface area (Å²) in [5.41, 5.74) is 7.14. The number of hydrogen-bond donors (Lipinski definition) is 2. The molecule has 2 rings (SSSR count). The molecule has 3 N–H and O–H groups in total. The van der Waals surface area contributed by atoms with E-state index in [1.54, 1.807) is 6.20 Å². The standard InChI is InChI=1S/C13H14N4OS.C6H15NO/c1-17(2)11-5-3-10(4-6-11)15-16-13-14-9-12(19-13)7-8-18;7-5-3-1-2-4-6-8/h3-6,8-9H,7H2,1-2H3;8H,1-7H2. The molecule has 0 saturated carbocycles. The van der Waals surface area contributed by atoms with Gasteiger partial charge in [0.25, 0.3) is 0 Å². The van der Waals surface area contributed by atoms with E-state index in [-0.39, 0.29) is 0 Å². The summed E-state index contributed by atoms with van der Waals surface area (Å²) in [5, 5.41) is 17.1. The molecule has 8 heteroatoms. The van der Waals surface area contributed by atoms with Crippen molar-refractivity contribution in [2.45, 2.75) is 32.1 Å². The fourth-order valence-electron chi connectivity index (χ4n) is 2.05. The molecule has 0 saturated heterocycles. The van der Waals surface area contributed by atoms with Crippen LogP contribution in [0.15, 0.2) is 40.7 Å². The predicted octanol–water partition coefficient (Wildman–Crippen LogP) is 3.86. The van der Waals surface area contributed by atoms with Gasteiger partial charge in [0.05, 0.1) is 5.69 Å². The molecule has 0 unspecified atom stereocenters. The number of nitrogens with two attached hydrogens (primary N) is 1. The molecule has 148 valence electrons. The van der Waals surface area contributed by atoms with Crippen LogP contribution in [-0.4, -0.2) is 43.6 Å². The van der Waals surface area contributed by atoms with Crippen LogP contribution in [0.1, 0.15) is 30.6 Å². The van der Waals surface area contributed by atoms with E-state index in [4.69, 9.17) is 10.8 Å². The van der Waals surface area contributed by atoms with Crippen LogP contribution in [0.5, 0.6) is 0 Å². The quantitative estimate of drug-likeness (QED) is 0.363. The van der Waals surface area contributed by atoms with Crippen molar-refractivity contribution in [2.75, 3.05) is 32.1 Å². The Labute approximate surface area is 165 Å². The lowest BCUT2D eigenvalue weighted by molar-refractivity contribution is -0.107. The Morgan fingerprint density at radius 1 is 1.15 bits per heavy atom. The fraction of sp³-hybridized carbons (Fsp3) is 0.474. The number of unbranched alkanes of at least 4 members (excludes halogenated alkanes) is 3. The molecule has 0 radical (unpaired) electrons. The van der Waals surface area contributed by atoms with Gasteiger partial charge in [-0.1, -0.05) is 24.2 Å². The smallest absolute Gasteiger partial charge is 0.230 e. The lowest BCUT2D eigenvalue weighted by atomic mass is 10.2. The van der Waals surface area contributed by atoms with Crippen molar-refractivity contribution in [1.82, 2.24) is 4.98 Å². The summed E-state index contributed by atoms with van der Waals surface area (Å²) in [7, 11) is 3.97. The van der Waals surface area contributed by atoms with Gasteiger partial charge in [-0.25, -0.2) is 4.98 Å². The molecule has 2 aromatic rings. The third-order valence-electron chi connectivity index (χ3n) is 3.56. The largest absolute Gasteiger partial charge is 0.396 e. The number of aromatic nitrogens is 1. The number of carbonyl (C=O) groups excluding carboxylic acids is 1. The third kappa shape index (κ3) is 9.93. The molecule has 0 bridgehead atoms. The van der Waals surface area contributed by atoms with Gasteiger partial charge in [0, 0.05) is 43.9 Å². The normalized spacial score (nSPS) is 10.5. The molecule has 27 heavy (non-hydrogen) atoms. The summed E-state index contributed by atoms with van der Waals surface area (Å²) in [6, 6.07) is 7.76. The summed E-state index contributed by atoms with van der Waals surface area (Å²) in [6.45, 7) is 1.11. The Kier molecular flexibility index (Phi) is 11.8. The molecule has 0 aliphatic rings. The van der Waals surface area contributed by atoms with E-state index >= 15 is 0 Å². The van der Waals surface area contributed by atoms with Crippen LogP contribution in [0.25, 0.3) is 0 Å². The van der Waals surface area contributed by atoms with Gasteiger partial charge in [0.15, 0.2) is 0 Å². The van der Waals surface area contributed by atoms with Crippen molar-refractivity contribution in [3.05, 3.63) is 35.3 Å². The number of aliphatic hydroxyl groups is 1. The Hall–Kier alpha value is -2.16. The average molecular weight is 392 g/mol. The van der Waals surface area contributed by atoms with Crippen molar-refractivity contribution < 1.29 is 9.90 Å². The first-order valence-corrected chi connectivity index (χ1v) is 9.80. The van der Waals surface area contributed by atoms with Crippen LogP contribution < -0.4 is 10.6 Å². The van der Waals surface area contributed by atoms with Crippen LogP contribution in [-0.2, 0) is 11.2 Å². The molecule has 0 spiro atoms. The van der Waals surface area contributed by atoms with Gasteiger partial charge in [-0.3, -0.25) is 0 Å². The lowest BCUT2D eigenvalue weighted by Crippen LogP contribution is -2.07. The number of thiazole rings is 1. The van der Waals surface area contributed by atoms with Crippen molar-refractivity contribution in [2.24, 2.45) is 16.0 Å². The minimum Gasteiger partial charge on any atom is -0.396 e. The van der Waals surface area contributed by atoms with Gasteiger partial charge in [-0.15, -0.1) is 10.2 Å². The van der Waals surface area contributed by atoms with Gasteiger partial charge >= 0.3 is 0 Å². The maximum absolute atomic E-state index is 10.4. The minimum absolute atomic E-state index is 0.324. The fourth-order valence-corrected chi connectivity index (χ4v) is 2.73. The van der Waals surface area contributed by atoms with Crippen molar-refractivity contribution in [3.63, 3.8) is 0 Å². The minimum atomic E-state index is 0.324. The van der Waals surface area contributed by atoms with E-state index in [1.165, 1.54) is 11.3 Å². The zero-order valence-electron chi connectivity index (χ0n) is 16.0. The molecule has 0 fully saturated rings. The second kappa shape index (κ2) is 14.0. The number of azo groups is 1. The first-order valence-electron chi connectivity index (χ1n) is 8.99. The third-order valence-corrected chi connectivity index (χ3v) is 4.46. The number of aliphatic hydroxyl groups excluding tert-OH is 1. The molecule has 0 aliphatic heterocycles. The number of benzene rings is 1. The number of nitrogens with zero attached hydrogens (tertiary/aromatic N) is 4. The SMILES string of the molecule is CN(C)c1ccc(N=Nc2ncc(CC=O)s2)cc1.NCCCCCCO. The summed E-state index contributed by atoms with van der Waals surface area (Å²) in [4.78, 5) is 17.4. The highest BCUT2D eigenvalue weighted by molar-refractivity contribution is 7.15. The second-order valence-electron chi connectivity index (χ2n) is 6.02. The Balaban J connectivity index is 0.000000387. The van der Waals surface area contributed by atoms with Gasteiger partial charge < -0.3 is 20.5 Å². The number of aldehydes is 1. The van der Waals surface area contributed by atoms with Crippen LogP contribution in [0.4, 0.5) is 16.5 Å². The molecule has 1 heterocycles. The first-order chi connectivity index (χ1) is 13.1. The second-order valence-corrected chi connectivity index (χ2v) is 7.11. The van der Waals surface area contributed by atoms with Gasteiger partial charge in [0.1, 0.15) is 6.29 Å². The Morgan fingerprint density at radius 2 is 1.85 bits per heavy atom. The van der Waals surface area contributed by atoms with Gasteiger partial charge in [-0.2, -0.15) is 0 Å². The average Bonchev–Trinajstić information content (AvgIpc) is 3.12. The lowest BCUT2D eigenvalue weighted by Gasteiger charge is -2.11. The summed E-state index contributed by atoms with van der Waals surface area (Å²) in [6.07, 6.45) is 7.20. The Morgan fingerprint density at radius 3 is 2.44 bits per heavy atom. The maximum atomic E-state index is 10.4. The first kappa shape index (κ1) is 22.9. The van der Waals surface area contributed by atoms with E-state index in [2.05, 4.69) is 15.2 Å². The molecular formula is C19H29N5O2S.